The molecule has 0 saturated carbocycles. The number of nitrogens with one attached hydrogen (secondary N) is 3. The van der Waals surface area contributed by atoms with Crippen molar-refractivity contribution in [1.29, 1.82) is 0 Å². The lowest BCUT2D eigenvalue weighted by molar-refractivity contribution is -0.143. The lowest BCUT2D eigenvalue weighted by Gasteiger charge is -2.25. The summed E-state index contributed by atoms with van der Waals surface area (Å²) >= 11 is 0. The molecule has 0 bridgehead atoms. The minimum absolute atomic E-state index is 0.223. The Labute approximate surface area is 140 Å². The Balaban J connectivity index is 2.68. The van der Waals surface area contributed by atoms with Gasteiger partial charge in [0.1, 0.15) is 12.1 Å². The average Bonchev–Trinajstić information content (AvgIpc) is 3.02. The van der Waals surface area contributed by atoms with Crippen LogP contribution in [0.4, 0.5) is 0 Å². The number of hydrogen-bond acceptors (Lipinski definition) is 5. The molecule has 0 aliphatic carbocycles. The normalized spacial score (nSPS) is 19.5. The highest BCUT2D eigenvalue weighted by Gasteiger charge is 2.31. The van der Waals surface area contributed by atoms with Crippen molar-refractivity contribution < 1.29 is 29.4 Å². The van der Waals surface area contributed by atoms with Crippen molar-refractivity contribution >= 4 is 23.8 Å². The van der Waals surface area contributed by atoms with E-state index >= 15 is 0 Å². The first-order chi connectivity index (χ1) is 11.2. The first-order valence-electron chi connectivity index (χ1n) is 8.01. The van der Waals surface area contributed by atoms with E-state index in [1.54, 1.807) is 13.8 Å². The van der Waals surface area contributed by atoms with Gasteiger partial charge in [-0.2, -0.15) is 0 Å². The van der Waals surface area contributed by atoms with Crippen LogP contribution in [0.25, 0.3) is 0 Å². The van der Waals surface area contributed by atoms with Crippen LogP contribution in [-0.2, 0) is 19.2 Å². The largest absolute Gasteiger partial charge is 0.481 e. The highest BCUT2D eigenvalue weighted by molar-refractivity contribution is 5.92. The molecule has 1 fully saturated rings. The Morgan fingerprint density at radius 3 is 2.29 bits per heavy atom. The van der Waals surface area contributed by atoms with Gasteiger partial charge in [-0.05, 0) is 31.7 Å². The predicted molar refractivity (Wildman–Crippen MR) is 84.2 cm³/mol. The number of rotatable bonds is 9. The number of amides is 2. The Kier molecular flexibility index (Phi) is 7.63. The van der Waals surface area contributed by atoms with Gasteiger partial charge in [-0.3, -0.25) is 14.4 Å². The van der Waals surface area contributed by atoms with Gasteiger partial charge in [-0.25, -0.2) is 4.79 Å². The average molecular weight is 343 g/mol. The van der Waals surface area contributed by atoms with Gasteiger partial charge in [0.25, 0.3) is 0 Å². The molecule has 136 valence electrons. The first-order valence-corrected chi connectivity index (χ1v) is 8.01. The summed E-state index contributed by atoms with van der Waals surface area (Å²) in [6, 6.07) is -2.54. The highest BCUT2D eigenvalue weighted by Crippen LogP contribution is 2.09. The molecule has 1 aliphatic heterocycles. The van der Waals surface area contributed by atoms with Crippen molar-refractivity contribution in [2.45, 2.75) is 57.7 Å². The van der Waals surface area contributed by atoms with Crippen LogP contribution in [0.5, 0.6) is 0 Å². The molecule has 0 aromatic rings. The van der Waals surface area contributed by atoms with E-state index in [1.165, 1.54) is 0 Å². The van der Waals surface area contributed by atoms with E-state index in [2.05, 4.69) is 16.0 Å². The molecule has 9 nitrogen and oxygen atoms in total. The van der Waals surface area contributed by atoms with Gasteiger partial charge in [0.2, 0.25) is 11.8 Å². The summed E-state index contributed by atoms with van der Waals surface area (Å²) in [6.45, 7) is 4.21. The van der Waals surface area contributed by atoms with Crippen molar-refractivity contribution in [3.63, 3.8) is 0 Å². The molecule has 1 aliphatic rings. The zero-order valence-electron chi connectivity index (χ0n) is 13.9. The fourth-order valence-electron chi connectivity index (χ4n) is 2.48. The van der Waals surface area contributed by atoms with E-state index in [1.807, 2.05) is 0 Å². The number of carbonyl (C=O) groups is 4. The molecule has 1 saturated heterocycles. The van der Waals surface area contributed by atoms with E-state index in [-0.39, 0.29) is 30.7 Å². The van der Waals surface area contributed by atoms with Crippen LogP contribution in [0.15, 0.2) is 0 Å². The van der Waals surface area contributed by atoms with Crippen molar-refractivity contribution in [3.8, 4) is 0 Å². The summed E-state index contributed by atoms with van der Waals surface area (Å²) in [4.78, 5) is 46.2. The maximum atomic E-state index is 12.3. The molecule has 3 atom stereocenters. The second-order valence-corrected chi connectivity index (χ2v) is 6.21. The summed E-state index contributed by atoms with van der Waals surface area (Å²) < 4.78 is 0. The van der Waals surface area contributed by atoms with Crippen LogP contribution in [0.1, 0.15) is 39.5 Å². The highest BCUT2D eigenvalue weighted by atomic mass is 16.4. The standard InChI is InChI=1S/C15H25N3O6/c1-8(2)12(18-13(21)9-4-3-7-16-9)14(22)17-10(15(23)24)5-6-11(19)20/h8-10,12,16H,3-7H2,1-2H3,(H,17,22)(H,18,21)(H,19,20)(H,23,24). The number of hydrogen-bond donors (Lipinski definition) is 5. The second kappa shape index (κ2) is 9.21. The minimum atomic E-state index is -1.31. The SMILES string of the molecule is CC(C)C(NC(=O)C1CCCN1)C(=O)NC(CCC(=O)O)C(=O)O. The van der Waals surface area contributed by atoms with Gasteiger partial charge in [-0.15, -0.1) is 0 Å². The fraction of sp³-hybridized carbons (Fsp3) is 0.733. The van der Waals surface area contributed by atoms with Crippen molar-refractivity contribution in [3.05, 3.63) is 0 Å². The molecule has 0 radical (unpaired) electrons. The number of carboxylic acids is 2. The summed E-state index contributed by atoms with van der Waals surface area (Å²) in [5, 5.41) is 25.7. The minimum Gasteiger partial charge on any atom is -0.481 e. The van der Waals surface area contributed by atoms with Gasteiger partial charge in [0.15, 0.2) is 0 Å². The second-order valence-electron chi connectivity index (χ2n) is 6.21. The van der Waals surface area contributed by atoms with Crippen molar-refractivity contribution in [2.75, 3.05) is 6.54 Å². The van der Waals surface area contributed by atoms with Crippen LogP contribution in [-0.4, -0.2) is 58.6 Å². The number of carbonyl (C=O) groups excluding carboxylic acids is 2. The quantitative estimate of drug-likeness (QED) is 0.373. The zero-order valence-corrected chi connectivity index (χ0v) is 13.9. The topological polar surface area (TPSA) is 145 Å². The lowest BCUT2D eigenvalue weighted by atomic mass is 10.0. The maximum absolute atomic E-state index is 12.3. The van der Waals surface area contributed by atoms with E-state index in [0.717, 1.165) is 13.0 Å². The molecule has 0 spiro atoms. The molecule has 2 amide bonds. The third kappa shape index (κ3) is 6.15. The third-order valence-electron chi connectivity index (χ3n) is 3.89. The lowest BCUT2D eigenvalue weighted by Crippen LogP contribution is -2.56. The fourth-order valence-corrected chi connectivity index (χ4v) is 2.48. The Morgan fingerprint density at radius 2 is 1.83 bits per heavy atom. The van der Waals surface area contributed by atoms with Crippen LogP contribution in [0.3, 0.4) is 0 Å². The van der Waals surface area contributed by atoms with Gasteiger partial charge in [0, 0.05) is 6.42 Å². The molecule has 1 heterocycles. The monoisotopic (exact) mass is 343 g/mol. The van der Waals surface area contributed by atoms with Crippen molar-refractivity contribution in [2.24, 2.45) is 5.92 Å². The van der Waals surface area contributed by atoms with E-state index in [0.29, 0.717) is 6.42 Å². The smallest absolute Gasteiger partial charge is 0.326 e. The third-order valence-corrected chi connectivity index (χ3v) is 3.89. The Hall–Kier alpha value is -2.16. The van der Waals surface area contributed by atoms with Crippen LogP contribution < -0.4 is 16.0 Å². The number of aliphatic carboxylic acids is 2. The molecule has 9 heteroatoms. The molecule has 0 aromatic carbocycles. The van der Waals surface area contributed by atoms with Gasteiger partial charge in [0.05, 0.1) is 6.04 Å². The molecular formula is C15H25N3O6. The summed E-state index contributed by atoms with van der Waals surface area (Å²) in [5.41, 5.74) is 0. The molecular weight excluding hydrogens is 318 g/mol. The van der Waals surface area contributed by atoms with Crippen LogP contribution in [0, 0.1) is 5.92 Å². The van der Waals surface area contributed by atoms with Gasteiger partial charge >= 0.3 is 11.9 Å². The molecule has 3 unspecified atom stereocenters. The Bertz CT molecular complexity index is 488. The zero-order chi connectivity index (χ0) is 18.3. The van der Waals surface area contributed by atoms with Crippen molar-refractivity contribution in [1.82, 2.24) is 16.0 Å². The van der Waals surface area contributed by atoms with Gasteiger partial charge < -0.3 is 26.2 Å². The first kappa shape index (κ1) is 19.9. The van der Waals surface area contributed by atoms with Crippen LogP contribution >= 0.6 is 0 Å². The summed E-state index contributed by atoms with van der Waals surface area (Å²) in [6.07, 6.45) is 0.975. The maximum Gasteiger partial charge on any atom is 0.326 e. The molecule has 1 rings (SSSR count). The predicted octanol–water partition coefficient (Wildman–Crippen LogP) is -0.687. The molecule has 0 aromatic heterocycles. The van der Waals surface area contributed by atoms with E-state index in [9.17, 15) is 19.2 Å². The van der Waals surface area contributed by atoms with Crippen LogP contribution in [0.2, 0.25) is 0 Å². The van der Waals surface area contributed by atoms with Gasteiger partial charge in [-0.1, -0.05) is 13.8 Å². The number of carboxylic acid groups (broad SMARTS) is 2. The molecule has 24 heavy (non-hydrogen) atoms. The molecule has 5 N–H and O–H groups in total. The summed E-state index contributed by atoms with van der Waals surface area (Å²) in [7, 11) is 0. The van der Waals surface area contributed by atoms with E-state index in [4.69, 9.17) is 10.2 Å². The summed E-state index contributed by atoms with van der Waals surface area (Å²) in [5.74, 6) is -3.62. The van der Waals surface area contributed by atoms with E-state index < -0.39 is 29.9 Å². The Morgan fingerprint density at radius 1 is 1.17 bits per heavy atom.